The maximum absolute atomic E-state index is 12.0. The molecule has 2 heterocycles. The van der Waals surface area contributed by atoms with Crippen molar-refractivity contribution in [3.8, 4) is 0 Å². The Hall–Kier alpha value is -1.85. The highest BCUT2D eigenvalue weighted by molar-refractivity contribution is 5.88. The van der Waals surface area contributed by atoms with Crippen molar-refractivity contribution >= 4 is 11.8 Å². The smallest absolute Gasteiger partial charge is 0.242 e. The Kier molecular flexibility index (Phi) is 4.42. The van der Waals surface area contributed by atoms with Gasteiger partial charge < -0.3 is 10.6 Å². The number of hydrogen-bond acceptors (Lipinski definition) is 3. The number of nitrogens with one attached hydrogen (secondary N) is 2. The van der Waals surface area contributed by atoms with Gasteiger partial charge in [0, 0.05) is 18.7 Å². The Labute approximate surface area is 118 Å². The molecule has 110 valence electrons. The molecule has 6 heteroatoms. The van der Waals surface area contributed by atoms with Gasteiger partial charge in [0.2, 0.25) is 11.8 Å². The van der Waals surface area contributed by atoms with Crippen molar-refractivity contribution in [3.05, 3.63) is 18.0 Å². The van der Waals surface area contributed by atoms with Crippen LogP contribution in [0.1, 0.15) is 45.3 Å². The minimum absolute atomic E-state index is 0.0482. The zero-order chi connectivity index (χ0) is 14.7. The van der Waals surface area contributed by atoms with Crippen LogP contribution in [-0.4, -0.2) is 27.6 Å². The first-order chi connectivity index (χ1) is 9.45. The van der Waals surface area contributed by atoms with Crippen LogP contribution in [0.3, 0.4) is 0 Å². The van der Waals surface area contributed by atoms with Crippen LogP contribution < -0.4 is 10.6 Å². The topological polar surface area (TPSA) is 76.0 Å². The summed E-state index contributed by atoms with van der Waals surface area (Å²) < 4.78 is 1.85. The summed E-state index contributed by atoms with van der Waals surface area (Å²) in [6, 6.07) is 1.78. The molecule has 2 rings (SSSR count). The summed E-state index contributed by atoms with van der Waals surface area (Å²) in [5, 5.41) is 9.93. The van der Waals surface area contributed by atoms with Crippen LogP contribution in [0.25, 0.3) is 0 Å². The van der Waals surface area contributed by atoms with E-state index in [0.29, 0.717) is 25.4 Å². The third-order valence-electron chi connectivity index (χ3n) is 3.46. The molecule has 2 amide bonds. The van der Waals surface area contributed by atoms with E-state index in [-0.39, 0.29) is 17.7 Å². The lowest BCUT2D eigenvalue weighted by Gasteiger charge is -2.26. The number of nitrogens with zero attached hydrogens (tertiary/aromatic N) is 2. The van der Waals surface area contributed by atoms with Crippen LogP contribution in [0.4, 0.5) is 0 Å². The van der Waals surface area contributed by atoms with E-state index in [1.165, 1.54) is 0 Å². The molecule has 0 aliphatic carbocycles. The standard InChI is InChI=1S/C14H22N4O2/c1-9(2)18-5-4-11(17-18)8-15-14(20)12-6-10(3)7-13(19)16-12/h4-5,9-10,12H,6-8H2,1-3H3,(H,15,20)(H,16,19)/t10-,12-/m0/s1. The van der Waals surface area contributed by atoms with Gasteiger partial charge in [-0.15, -0.1) is 0 Å². The number of hydrogen-bond donors (Lipinski definition) is 2. The Morgan fingerprint density at radius 3 is 2.95 bits per heavy atom. The van der Waals surface area contributed by atoms with E-state index in [1.807, 2.05) is 37.7 Å². The van der Waals surface area contributed by atoms with Gasteiger partial charge in [-0.2, -0.15) is 5.10 Å². The zero-order valence-electron chi connectivity index (χ0n) is 12.2. The number of carbonyl (C=O) groups is 2. The average molecular weight is 278 g/mol. The molecule has 0 unspecified atom stereocenters. The van der Waals surface area contributed by atoms with Gasteiger partial charge in [-0.25, -0.2) is 0 Å². The molecule has 0 radical (unpaired) electrons. The monoisotopic (exact) mass is 278 g/mol. The molecule has 0 bridgehead atoms. The molecule has 1 aliphatic heterocycles. The fraction of sp³-hybridized carbons (Fsp3) is 0.643. The summed E-state index contributed by atoms with van der Waals surface area (Å²) in [4.78, 5) is 23.5. The predicted molar refractivity (Wildman–Crippen MR) is 74.8 cm³/mol. The molecule has 1 fully saturated rings. The lowest BCUT2D eigenvalue weighted by molar-refractivity contribution is -0.132. The molecule has 1 saturated heterocycles. The lowest BCUT2D eigenvalue weighted by atomic mass is 9.93. The Morgan fingerprint density at radius 1 is 1.60 bits per heavy atom. The summed E-state index contributed by atoms with van der Waals surface area (Å²) in [6.07, 6.45) is 3.09. The molecule has 2 N–H and O–H groups in total. The molecule has 6 nitrogen and oxygen atoms in total. The van der Waals surface area contributed by atoms with Crippen LogP contribution in [0.5, 0.6) is 0 Å². The van der Waals surface area contributed by atoms with Gasteiger partial charge in [0.05, 0.1) is 12.2 Å². The minimum atomic E-state index is -0.418. The van der Waals surface area contributed by atoms with Gasteiger partial charge in [-0.1, -0.05) is 6.92 Å². The van der Waals surface area contributed by atoms with Crippen molar-refractivity contribution < 1.29 is 9.59 Å². The van der Waals surface area contributed by atoms with Crippen molar-refractivity contribution in [2.75, 3.05) is 0 Å². The van der Waals surface area contributed by atoms with Crippen LogP contribution in [0.15, 0.2) is 12.3 Å². The molecular formula is C14H22N4O2. The normalized spacial score (nSPS) is 22.7. The van der Waals surface area contributed by atoms with Crippen LogP contribution in [0, 0.1) is 5.92 Å². The van der Waals surface area contributed by atoms with Gasteiger partial charge in [-0.05, 0) is 32.3 Å². The summed E-state index contributed by atoms with van der Waals surface area (Å²) in [6.45, 7) is 6.48. The van der Waals surface area contributed by atoms with E-state index in [1.54, 1.807) is 0 Å². The van der Waals surface area contributed by atoms with Crippen molar-refractivity contribution in [1.82, 2.24) is 20.4 Å². The first kappa shape index (κ1) is 14.6. The first-order valence-corrected chi connectivity index (χ1v) is 7.07. The van der Waals surface area contributed by atoms with Gasteiger partial charge in [0.15, 0.2) is 0 Å². The molecule has 2 atom stereocenters. The average Bonchev–Trinajstić information content (AvgIpc) is 2.83. The predicted octanol–water partition coefficient (Wildman–Crippen LogP) is 0.995. The van der Waals surface area contributed by atoms with E-state index < -0.39 is 6.04 Å². The fourth-order valence-electron chi connectivity index (χ4n) is 2.35. The quantitative estimate of drug-likeness (QED) is 0.862. The summed E-state index contributed by atoms with van der Waals surface area (Å²) in [5.41, 5.74) is 0.822. The van der Waals surface area contributed by atoms with Crippen LogP contribution in [0.2, 0.25) is 0 Å². The highest BCUT2D eigenvalue weighted by atomic mass is 16.2. The summed E-state index contributed by atoms with van der Waals surface area (Å²) in [5.74, 6) is 0.0663. The zero-order valence-corrected chi connectivity index (χ0v) is 12.2. The second-order valence-corrected chi connectivity index (χ2v) is 5.76. The van der Waals surface area contributed by atoms with E-state index >= 15 is 0 Å². The van der Waals surface area contributed by atoms with Crippen LogP contribution in [-0.2, 0) is 16.1 Å². The second kappa shape index (κ2) is 6.07. The molecule has 0 spiro atoms. The van der Waals surface area contributed by atoms with Gasteiger partial charge in [-0.3, -0.25) is 14.3 Å². The van der Waals surface area contributed by atoms with E-state index in [0.717, 1.165) is 5.69 Å². The van der Waals surface area contributed by atoms with E-state index in [9.17, 15) is 9.59 Å². The molecule has 20 heavy (non-hydrogen) atoms. The van der Waals surface area contributed by atoms with Gasteiger partial charge in [0.1, 0.15) is 6.04 Å². The Bertz CT molecular complexity index is 495. The van der Waals surface area contributed by atoms with Gasteiger partial charge in [0.25, 0.3) is 0 Å². The Balaban J connectivity index is 1.86. The third-order valence-corrected chi connectivity index (χ3v) is 3.46. The number of carbonyl (C=O) groups excluding carboxylic acids is 2. The van der Waals surface area contributed by atoms with E-state index in [2.05, 4.69) is 15.7 Å². The number of amides is 2. The van der Waals surface area contributed by atoms with Crippen molar-refractivity contribution in [2.24, 2.45) is 5.92 Å². The minimum Gasteiger partial charge on any atom is -0.349 e. The van der Waals surface area contributed by atoms with Crippen LogP contribution >= 0.6 is 0 Å². The second-order valence-electron chi connectivity index (χ2n) is 5.76. The molecule has 1 aliphatic rings. The van der Waals surface area contributed by atoms with E-state index in [4.69, 9.17) is 0 Å². The highest BCUT2D eigenvalue weighted by Crippen LogP contribution is 2.16. The maximum atomic E-state index is 12.0. The maximum Gasteiger partial charge on any atom is 0.242 e. The third kappa shape index (κ3) is 3.59. The highest BCUT2D eigenvalue weighted by Gasteiger charge is 2.28. The first-order valence-electron chi connectivity index (χ1n) is 7.07. The SMILES string of the molecule is CC(C)n1ccc(CNC(=O)[C@@H]2C[C@H](C)CC(=O)N2)n1. The van der Waals surface area contributed by atoms with Crippen molar-refractivity contribution in [3.63, 3.8) is 0 Å². The van der Waals surface area contributed by atoms with Crippen molar-refractivity contribution in [2.45, 2.75) is 52.2 Å². The van der Waals surface area contributed by atoms with Crippen molar-refractivity contribution in [1.29, 1.82) is 0 Å². The summed E-state index contributed by atoms with van der Waals surface area (Å²) >= 11 is 0. The molecule has 1 aromatic rings. The largest absolute Gasteiger partial charge is 0.349 e. The number of aromatic nitrogens is 2. The Morgan fingerprint density at radius 2 is 2.35 bits per heavy atom. The molecule has 1 aromatic heterocycles. The molecule has 0 saturated carbocycles. The fourth-order valence-corrected chi connectivity index (χ4v) is 2.35. The number of rotatable bonds is 4. The number of piperidine rings is 1. The lowest BCUT2D eigenvalue weighted by Crippen LogP contribution is -2.50. The molecule has 0 aromatic carbocycles. The summed E-state index contributed by atoms with van der Waals surface area (Å²) in [7, 11) is 0. The molecular weight excluding hydrogens is 256 g/mol. The van der Waals surface area contributed by atoms with Gasteiger partial charge >= 0.3 is 0 Å².